The predicted molar refractivity (Wildman–Crippen MR) is 113 cm³/mol. The number of hydrogen-bond donors (Lipinski definition) is 2. The minimum absolute atomic E-state index is 0.266. The number of thioether (sulfide) groups is 1. The average molecular weight is 413 g/mol. The van der Waals surface area contributed by atoms with Gasteiger partial charge >= 0.3 is 5.97 Å². The summed E-state index contributed by atoms with van der Waals surface area (Å²) in [5.74, 6) is -1.46. The molecule has 1 fully saturated rings. The van der Waals surface area contributed by atoms with Gasteiger partial charge in [-0.2, -0.15) is 0 Å². The van der Waals surface area contributed by atoms with E-state index in [9.17, 15) is 19.8 Å². The highest BCUT2D eigenvalue weighted by Gasteiger charge is 2.34. The zero-order valence-corrected chi connectivity index (χ0v) is 16.1. The molecule has 142 valence electrons. The molecule has 0 aliphatic carbocycles. The van der Waals surface area contributed by atoms with Crippen molar-refractivity contribution < 1.29 is 24.5 Å². The number of hydrogen-bond acceptors (Lipinski definition) is 6. The van der Waals surface area contributed by atoms with E-state index >= 15 is 0 Å². The molecule has 1 saturated heterocycles. The fraction of sp³-hybridized carbons (Fsp3) is 0.0500. The lowest BCUT2D eigenvalue weighted by Crippen LogP contribution is -2.27. The Bertz CT molecular complexity index is 1020. The van der Waals surface area contributed by atoms with Gasteiger partial charge in [0.05, 0.1) is 10.6 Å². The molecule has 28 heavy (non-hydrogen) atoms. The van der Waals surface area contributed by atoms with Gasteiger partial charge in [0.25, 0.3) is 5.91 Å². The van der Waals surface area contributed by atoms with Gasteiger partial charge in [-0.1, -0.05) is 54.8 Å². The molecule has 0 atom stereocenters. The lowest BCUT2D eigenvalue weighted by atomic mass is 10.1. The van der Waals surface area contributed by atoms with Crippen molar-refractivity contribution in [3.63, 3.8) is 0 Å². The number of benzene rings is 2. The first-order chi connectivity index (χ1) is 13.4. The van der Waals surface area contributed by atoms with Crippen LogP contribution in [0.3, 0.4) is 0 Å². The SMILES string of the molecule is C=CCOc1ccccc1C=C1SC(=S)N(c2ccc(O)c(C(=O)O)c2)C1=O. The summed E-state index contributed by atoms with van der Waals surface area (Å²) in [5.41, 5.74) is 0.678. The number of phenols is 1. The zero-order valence-electron chi connectivity index (χ0n) is 14.5. The molecule has 6 nitrogen and oxygen atoms in total. The van der Waals surface area contributed by atoms with Crippen molar-refractivity contribution in [3.05, 3.63) is 71.2 Å². The highest BCUT2D eigenvalue weighted by Crippen LogP contribution is 2.38. The summed E-state index contributed by atoms with van der Waals surface area (Å²) in [6.07, 6.45) is 3.30. The second-order valence-electron chi connectivity index (χ2n) is 5.66. The fourth-order valence-corrected chi connectivity index (χ4v) is 3.84. The number of aromatic hydroxyl groups is 1. The summed E-state index contributed by atoms with van der Waals surface area (Å²) in [6.45, 7) is 3.95. The normalized spacial score (nSPS) is 15.1. The molecule has 2 N–H and O–H groups in total. The van der Waals surface area contributed by atoms with Crippen LogP contribution in [0, 0.1) is 0 Å². The van der Waals surface area contributed by atoms with Crippen molar-refractivity contribution in [2.45, 2.75) is 0 Å². The van der Waals surface area contributed by atoms with Crippen LogP contribution in [-0.4, -0.2) is 33.0 Å². The molecule has 0 saturated carbocycles. The van der Waals surface area contributed by atoms with Crippen molar-refractivity contribution in [3.8, 4) is 11.5 Å². The number of carbonyl (C=O) groups excluding carboxylic acids is 1. The molecular weight excluding hydrogens is 398 g/mol. The Morgan fingerprint density at radius 1 is 1.29 bits per heavy atom. The van der Waals surface area contributed by atoms with E-state index in [0.717, 1.165) is 11.8 Å². The molecule has 2 aromatic carbocycles. The molecule has 0 aromatic heterocycles. The zero-order chi connectivity index (χ0) is 20.3. The number of amides is 1. The van der Waals surface area contributed by atoms with Crippen molar-refractivity contribution in [1.29, 1.82) is 0 Å². The molecule has 1 aliphatic rings. The monoisotopic (exact) mass is 413 g/mol. The summed E-state index contributed by atoms with van der Waals surface area (Å²) in [7, 11) is 0. The first kappa shape index (κ1) is 19.7. The predicted octanol–water partition coefficient (Wildman–Crippen LogP) is 4.06. The van der Waals surface area contributed by atoms with Crippen LogP contribution in [0.1, 0.15) is 15.9 Å². The maximum atomic E-state index is 12.9. The fourth-order valence-electron chi connectivity index (χ4n) is 2.55. The number of para-hydroxylation sites is 1. The lowest BCUT2D eigenvalue weighted by molar-refractivity contribution is -0.113. The number of aromatic carboxylic acids is 1. The highest BCUT2D eigenvalue weighted by molar-refractivity contribution is 8.27. The minimum atomic E-state index is -1.30. The second-order valence-corrected chi connectivity index (χ2v) is 7.34. The van der Waals surface area contributed by atoms with Crippen LogP contribution < -0.4 is 9.64 Å². The molecule has 2 aromatic rings. The van der Waals surface area contributed by atoms with Gasteiger partial charge in [0.1, 0.15) is 23.7 Å². The van der Waals surface area contributed by atoms with Crippen molar-refractivity contribution >= 4 is 51.9 Å². The minimum Gasteiger partial charge on any atom is -0.507 e. The largest absolute Gasteiger partial charge is 0.507 e. The van der Waals surface area contributed by atoms with E-state index in [0.29, 0.717) is 22.8 Å². The Morgan fingerprint density at radius 2 is 2.04 bits per heavy atom. The third kappa shape index (κ3) is 3.92. The molecule has 0 spiro atoms. The summed E-state index contributed by atoms with van der Waals surface area (Å²) >= 11 is 6.42. The molecule has 1 heterocycles. The third-order valence-electron chi connectivity index (χ3n) is 3.82. The van der Waals surface area contributed by atoms with Crippen molar-refractivity contribution in [1.82, 2.24) is 0 Å². The van der Waals surface area contributed by atoms with Gasteiger partial charge in [0.15, 0.2) is 4.32 Å². The van der Waals surface area contributed by atoms with E-state index in [1.54, 1.807) is 18.2 Å². The molecule has 0 radical (unpaired) electrons. The quantitative estimate of drug-likeness (QED) is 0.419. The van der Waals surface area contributed by atoms with E-state index in [4.69, 9.17) is 17.0 Å². The standard InChI is InChI=1S/C20H15NO5S2/c1-2-9-26-16-6-4-3-5-12(16)10-17-18(23)21(20(27)28-17)13-7-8-15(22)14(11-13)19(24)25/h2-8,10-11,22H,1,9H2,(H,24,25). The number of carboxylic acids is 1. The number of nitrogens with zero attached hydrogens (tertiary/aromatic N) is 1. The number of carbonyl (C=O) groups is 2. The van der Waals surface area contributed by atoms with Crippen LogP contribution >= 0.6 is 24.0 Å². The van der Waals surface area contributed by atoms with Gasteiger partial charge in [-0.15, -0.1) is 0 Å². The van der Waals surface area contributed by atoms with Crippen LogP contribution in [0.5, 0.6) is 11.5 Å². The van der Waals surface area contributed by atoms with Crippen LogP contribution in [0.25, 0.3) is 6.08 Å². The van der Waals surface area contributed by atoms with Crippen LogP contribution in [-0.2, 0) is 4.79 Å². The van der Waals surface area contributed by atoms with E-state index in [1.807, 2.05) is 18.2 Å². The molecule has 0 unspecified atom stereocenters. The van der Waals surface area contributed by atoms with Gasteiger partial charge in [0.2, 0.25) is 0 Å². The van der Waals surface area contributed by atoms with Crippen molar-refractivity contribution in [2.24, 2.45) is 0 Å². The van der Waals surface area contributed by atoms with Gasteiger partial charge in [-0.05, 0) is 30.3 Å². The maximum Gasteiger partial charge on any atom is 0.339 e. The van der Waals surface area contributed by atoms with Crippen LogP contribution in [0.15, 0.2) is 60.0 Å². The molecule has 3 rings (SSSR count). The Morgan fingerprint density at radius 3 is 2.75 bits per heavy atom. The number of ether oxygens (including phenoxy) is 1. The van der Waals surface area contributed by atoms with Crippen LogP contribution in [0.4, 0.5) is 5.69 Å². The van der Waals surface area contributed by atoms with Gasteiger partial charge < -0.3 is 14.9 Å². The molecular formula is C20H15NO5S2. The number of carboxylic acid groups (broad SMARTS) is 1. The topological polar surface area (TPSA) is 87.1 Å². The molecule has 0 bridgehead atoms. The summed E-state index contributed by atoms with van der Waals surface area (Å²) < 4.78 is 5.87. The van der Waals surface area contributed by atoms with Gasteiger partial charge in [-0.25, -0.2) is 4.79 Å². The summed E-state index contributed by atoms with van der Waals surface area (Å²) in [4.78, 5) is 25.8. The Balaban J connectivity index is 1.95. The number of rotatable bonds is 6. The molecule has 1 amide bonds. The Hall–Kier alpha value is -3.10. The molecule has 1 aliphatic heterocycles. The van der Waals surface area contributed by atoms with E-state index in [-0.39, 0.29) is 27.2 Å². The maximum absolute atomic E-state index is 12.9. The molecule has 8 heteroatoms. The van der Waals surface area contributed by atoms with E-state index < -0.39 is 5.97 Å². The number of anilines is 1. The average Bonchev–Trinajstić information content (AvgIpc) is 2.95. The Kier molecular flexibility index (Phi) is 5.81. The van der Waals surface area contributed by atoms with Gasteiger partial charge in [-0.3, -0.25) is 9.69 Å². The highest BCUT2D eigenvalue weighted by atomic mass is 32.2. The summed E-state index contributed by atoms with van der Waals surface area (Å²) in [6, 6.07) is 11.1. The van der Waals surface area contributed by atoms with E-state index in [2.05, 4.69) is 6.58 Å². The lowest BCUT2D eigenvalue weighted by Gasteiger charge is -2.15. The first-order valence-electron chi connectivity index (χ1n) is 8.09. The van der Waals surface area contributed by atoms with Crippen molar-refractivity contribution in [2.75, 3.05) is 11.5 Å². The smallest absolute Gasteiger partial charge is 0.339 e. The Labute approximate surface area is 170 Å². The van der Waals surface area contributed by atoms with E-state index in [1.165, 1.54) is 23.1 Å². The first-order valence-corrected chi connectivity index (χ1v) is 9.32. The third-order valence-corrected chi connectivity index (χ3v) is 5.13. The second kappa shape index (κ2) is 8.28. The van der Waals surface area contributed by atoms with Crippen LogP contribution in [0.2, 0.25) is 0 Å². The van der Waals surface area contributed by atoms with Gasteiger partial charge in [0, 0.05) is 5.56 Å². The summed E-state index contributed by atoms with van der Waals surface area (Å²) in [5, 5.41) is 18.9. The number of thiocarbonyl (C=S) groups is 1.